The van der Waals surface area contributed by atoms with E-state index in [-0.39, 0.29) is 0 Å². The highest BCUT2D eigenvalue weighted by Gasteiger charge is 2.21. The number of aromatic nitrogens is 1. The molecule has 1 aliphatic rings. The molecule has 1 atom stereocenters. The highest BCUT2D eigenvalue weighted by Crippen LogP contribution is 2.29. The van der Waals surface area contributed by atoms with Crippen LogP contribution in [0.1, 0.15) is 29.9 Å². The zero-order valence-electron chi connectivity index (χ0n) is 10.8. The van der Waals surface area contributed by atoms with E-state index >= 15 is 0 Å². The average Bonchev–Trinajstić information content (AvgIpc) is 2.55. The second-order valence-electron chi connectivity index (χ2n) is 2.88. The molecule has 0 radical (unpaired) electrons. The summed E-state index contributed by atoms with van der Waals surface area (Å²) >= 11 is 0. The van der Waals surface area contributed by atoms with Gasteiger partial charge in [-0.25, -0.2) is 0 Å². The summed E-state index contributed by atoms with van der Waals surface area (Å²) < 4.78 is 30.7. The fraction of sp³-hybridized carbons (Fsp3) is 0.500. The van der Waals surface area contributed by atoms with Crippen molar-refractivity contribution in [3.8, 4) is 0 Å². The van der Waals surface area contributed by atoms with Gasteiger partial charge >= 0.3 is 0 Å². The predicted octanol–water partition coefficient (Wildman–Crippen LogP) is 1.85. The number of hydrogen-bond acceptors (Lipinski definition) is 2. The molecule has 12 heavy (non-hydrogen) atoms. The Balaban J connectivity index is 2.34. The van der Waals surface area contributed by atoms with Crippen molar-refractivity contribution in [2.24, 2.45) is 0 Å². The molecule has 2 heteroatoms. The monoisotopic (exact) mass is 166 g/mol. The first kappa shape index (κ1) is 4.38. The van der Waals surface area contributed by atoms with E-state index in [0.717, 1.165) is 5.56 Å². The van der Waals surface area contributed by atoms with Crippen molar-refractivity contribution in [2.45, 2.75) is 18.8 Å². The quantitative estimate of drug-likeness (QED) is 0.633. The van der Waals surface area contributed by atoms with Crippen molar-refractivity contribution in [3.05, 3.63) is 30.1 Å². The molecule has 1 unspecified atom stereocenters. The maximum Gasteiger partial charge on any atom is 0.0394 e. The van der Waals surface area contributed by atoms with Crippen molar-refractivity contribution in [1.29, 1.82) is 0 Å². The molecule has 2 heterocycles. The molecule has 0 N–H and O–H groups in total. The van der Waals surface area contributed by atoms with Crippen LogP contribution in [0.5, 0.6) is 0 Å². The molecule has 2 rings (SSSR count). The number of hydrogen-bond donors (Lipinski definition) is 0. The summed E-state index contributed by atoms with van der Waals surface area (Å²) in [6.07, 6.45) is 2.23. The SMILES string of the molecule is [2H]C([2H])N1CCC([2H])([2H])C1c1cccnc1. The predicted molar refractivity (Wildman–Crippen MR) is 48.8 cm³/mol. The standard InChI is InChI=1S/C10H14N2/c1-12-7-3-5-10(12)9-4-2-6-11-8-9/h2,4,6,8,10H,3,5,7H2,1H3/i1D2,5D2. The van der Waals surface area contributed by atoms with Gasteiger partial charge in [0.1, 0.15) is 0 Å². The van der Waals surface area contributed by atoms with Crippen LogP contribution in [0.2, 0.25) is 0 Å². The van der Waals surface area contributed by atoms with Gasteiger partial charge in [-0.1, -0.05) is 6.07 Å². The third kappa shape index (κ3) is 1.34. The van der Waals surface area contributed by atoms with E-state index in [0.29, 0.717) is 13.0 Å². The van der Waals surface area contributed by atoms with Crippen LogP contribution < -0.4 is 0 Å². The molecule has 0 saturated carbocycles. The van der Waals surface area contributed by atoms with Gasteiger partial charge in [0, 0.05) is 23.9 Å². The van der Waals surface area contributed by atoms with Crippen molar-refractivity contribution in [3.63, 3.8) is 0 Å². The Kier molecular flexibility index (Phi) is 1.18. The number of pyridine rings is 1. The highest BCUT2D eigenvalue weighted by molar-refractivity contribution is 5.14. The normalized spacial score (nSPS) is 33.9. The zero-order chi connectivity index (χ0) is 11.8. The van der Waals surface area contributed by atoms with Crippen LogP contribution in [0.15, 0.2) is 24.5 Å². The van der Waals surface area contributed by atoms with Gasteiger partial charge in [-0.05, 0) is 38.0 Å². The molecular weight excluding hydrogens is 148 g/mol. The lowest BCUT2D eigenvalue weighted by molar-refractivity contribution is 0.317. The Labute approximate surface area is 78.8 Å². The molecule has 1 aliphatic heterocycles. The van der Waals surface area contributed by atoms with Gasteiger partial charge in [0.05, 0.1) is 0 Å². The van der Waals surface area contributed by atoms with Gasteiger partial charge in [0.2, 0.25) is 0 Å². The van der Waals surface area contributed by atoms with E-state index in [1.165, 1.54) is 0 Å². The zero-order valence-corrected chi connectivity index (χ0v) is 6.77. The lowest BCUT2D eigenvalue weighted by atomic mass is 10.1. The first-order valence-corrected chi connectivity index (χ1v) is 4.02. The van der Waals surface area contributed by atoms with Crippen LogP contribution in [-0.2, 0) is 0 Å². The van der Waals surface area contributed by atoms with Crippen LogP contribution in [0.4, 0.5) is 0 Å². The third-order valence-electron chi connectivity index (χ3n) is 2.04. The van der Waals surface area contributed by atoms with Crippen LogP contribution in [-0.4, -0.2) is 23.4 Å². The Bertz CT molecular complexity index is 355. The molecule has 0 spiro atoms. The van der Waals surface area contributed by atoms with Gasteiger partial charge in [-0.15, -0.1) is 0 Å². The molecule has 2 nitrogen and oxygen atoms in total. The summed E-state index contributed by atoms with van der Waals surface area (Å²) in [5, 5.41) is 0. The number of rotatable bonds is 1. The van der Waals surface area contributed by atoms with E-state index in [4.69, 9.17) is 5.48 Å². The Morgan fingerprint density at radius 2 is 2.83 bits per heavy atom. The molecule has 1 aromatic heterocycles. The first-order chi connectivity index (χ1) is 7.52. The molecule has 1 saturated heterocycles. The number of nitrogens with zero attached hydrogens (tertiary/aromatic N) is 2. The van der Waals surface area contributed by atoms with Gasteiger partial charge in [-0.3, -0.25) is 9.88 Å². The smallest absolute Gasteiger partial charge is 0.0394 e. The van der Waals surface area contributed by atoms with Gasteiger partial charge < -0.3 is 0 Å². The van der Waals surface area contributed by atoms with Crippen LogP contribution >= 0.6 is 0 Å². The van der Waals surface area contributed by atoms with E-state index in [9.17, 15) is 0 Å². The topological polar surface area (TPSA) is 16.1 Å². The maximum atomic E-state index is 7.94. The molecular formula is C10H14N2. The largest absolute Gasteiger partial charge is 0.299 e. The molecule has 1 fully saturated rings. The number of likely N-dealkylation sites (tertiary alicyclic amines) is 1. The minimum Gasteiger partial charge on any atom is -0.299 e. The maximum absolute atomic E-state index is 7.94. The Morgan fingerprint density at radius 3 is 3.58 bits per heavy atom. The van der Waals surface area contributed by atoms with Crippen LogP contribution in [0, 0.1) is 0 Å². The highest BCUT2D eigenvalue weighted by atomic mass is 15.1. The van der Waals surface area contributed by atoms with Crippen molar-refractivity contribution in [2.75, 3.05) is 13.5 Å². The van der Waals surface area contributed by atoms with Crippen LogP contribution in [0.25, 0.3) is 0 Å². The molecule has 0 aromatic carbocycles. The lowest BCUT2D eigenvalue weighted by Crippen LogP contribution is -2.17. The molecule has 1 aromatic rings. The summed E-state index contributed by atoms with van der Waals surface area (Å²) in [4.78, 5) is 5.53. The fourth-order valence-electron chi connectivity index (χ4n) is 1.42. The minimum absolute atomic E-state index is 0.362. The summed E-state index contributed by atoms with van der Waals surface area (Å²) in [6.45, 7) is -0.688. The summed E-state index contributed by atoms with van der Waals surface area (Å²) in [6, 6.07) is 3.03. The fourth-order valence-corrected chi connectivity index (χ4v) is 1.42. The molecule has 0 aliphatic carbocycles. The van der Waals surface area contributed by atoms with Crippen LogP contribution in [0.3, 0.4) is 0 Å². The minimum atomic E-state index is -1.39. The van der Waals surface area contributed by atoms with Crippen molar-refractivity contribution < 1.29 is 5.48 Å². The van der Waals surface area contributed by atoms with Gasteiger partial charge in [0.15, 0.2) is 0 Å². The summed E-state index contributed by atoms with van der Waals surface area (Å²) in [5.74, 6) is 0. The van der Waals surface area contributed by atoms with E-state index in [2.05, 4.69) is 4.98 Å². The van der Waals surface area contributed by atoms with E-state index in [1.54, 1.807) is 29.4 Å². The lowest BCUT2D eigenvalue weighted by Gasteiger charge is -2.18. The summed E-state index contributed by atoms with van der Waals surface area (Å²) in [7, 11) is 0. The van der Waals surface area contributed by atoms with Crippen molar-refractivity contribution >= 4 is 0 Å². The van der Waals surface area contributed by atoms with Gasteiger partial charge in [-0.2, -0.15) is 0 Å². The summed E-state index contributed by atoms with van der Waals surface area (Å²) in [5.41, 5.74) is 0.745. The first-order valence-electron chi connectivity index (χ1n) is 6.18. The average molecular weight is 166 g/mol. The van der Waals surface area contributed by atoms with Crippen molar-refractivity contribution in [1.82, 2.24) is 9.88 Å². The molecule has 0 amide bonds. The Hall–Kier alpha value is -0.890. The third-order valence-corrected chi connectivity index (χ3v) is 2.04. The molecule has 64 valence electrons. The van der Waals surface area contributed by atoms with E-state index < -0.39 is 19.4 Å². The second-order valence-corrected chi connectivity index (χ2v) is 2.88. The Morgan fingerprint density at radius 1 is 1.83 bits per heavy atom. The van der Waals surface area contributed by atoms with E-state index in [1.807, 2.05) is 0 Å². The van der Waals surface area contributed by atoms with Gasteiger partial charge in [0.25, 0.3) is 0 Å². The second kappa shape index (κ2) is 3.23. The molecule has 0 bridgehead atoms.